The molecule has 0 saturated carbocycles. The summed E-state index contributed by atoms with van der Waals surface area (Å²) in [7, 11) is 0. The number of benzene rings is 2. The second kappa shape index (κ2) is 7.28. The van der Waals surface area contributed by atoms with Gasteiger partial charge in [0.2, 0.25) is 0 Å². The lowest BCUT2D eigenvalue weighted by Gasteiger charge is -2.08. The first-order valence-corrected chi connectivity index (χ1v) is 6.13. The highest BCUT2D eigenvalue weighted by atomic mass is 16.5. The molecule has 2 heteroatoms. The minimum absolute atomic E-state index is 0.710. The van der Waals surface area contributed by atoms with Crippen molar-refractivity contribution in [2.75, 3.05) is 0 Å². The van der Waals surface area contributed by atoms with E-state index >= 15 is 0 Å². The third kappa shape index (κ3) is 3.74. The van der Waals surface area contributed by atoms with E-state index < -0.39 is 0 Å². The first-order valence-electron chi connectivity index (χ1n) is 6.13. The summed E-state index contributed by atoms with van der Waals surface area (Å²) in [6, 6.07) is 15.4. The number of hydrogen-bond donors (Lipinski definition) is 1. The summed E-state index contributed by atoms with van der Waals surface area (Å²) >= 11 is 0. The zero-order valence-corrected chi connectivity index (χ0v) is 11.1. The minimum Gasteiger partial charge on any atom is -0.457 e. The van der Waals surface area contributed by atoms with Crippen molar-refractivity contribution in [3.05, 3.63) is 59.7 Å². The maximum atomic E-state index is 7.28. The number of ether oxygens (including phenoxy) is 1. The van der Waals surface area contributed by atoms with E-state index in [4.69, 9.17) is 10.1 Å². The molecule has 0 atom stereocenters. The molecule has 94 valence electrons. The molecule has 0 spiro atoms. The van der Waals surface area contributed by atoms with Gasteiger partial charge in [-0.3, -0.25) is 0 Å². The van der Waals surface area contributed by atoms with Crippen LogP contribution in [0.25, 0.3) is 0 Å². The SMILES string of the molecule is CC.Cc1ccc(Oc2ccccc2C=N)cc1. The van der Waals surface area contributed by atoms with E-state index in [1.807, 2.05) is 69.3 Å². The zero-order valence-electron chi connectivity index (χ0n) is 11.1. The molecule has 0 heterocycles. The maximum Gasteiger partial charge on any atom is 0.136 e. The first-order chi connectivity index (χ1) is 8.79. The fourth-order valence-electron chi connectivity index (χ4n) is 1.43. The van der Waals surface area contributed by atoms with E-state index in [-0.39, 0.29) is 0 Å². The molecule has 0 aliphatic rings. The Morgan fingerprint density at radius 1 is 0.944 bits per heavy atom. The van der Waals surface area contributed by atoms with Crippen LogP contribution >= 0.6 is 0 Å². The van der Waals surface area contributed by atoms with Gasteiger partial charge in [0.25, 0.3) is 0 Å². The van der Waals surface area contributed by atoms with Crippen molar-refractivity contribution >= 4 is 6.21 Å². The van der Waals surface area contributed by atoms with E-state index in [1.54, 1.807) is 0 Å². The van der Waals surface area contributed by atoms with Crippen molar-refractivity contribution in [1.82, 2.24) is 0 Å². The summed E-state index contributed by atoms with van der Waals surface area (Å²) in [4.78, 5) is 0. The molecule has 2 aromatic carbocycles. The zero-order chi connectivity index (χ0) is 13.4. The number of aryl methyl sites for hydroxylation is 1. The van der Waals surface area contributed by atoms with Gasteiger partial charge in [-0.05, 0) is 31.2 Å². The van der Waals surface area contributed by atoms with Crippen LogP contribution in [0.1, 0.15) is 25.0 Å². The first kappa shape index (κ1) is 14.0. The van der Waals surface area contributed by atoms with Crippen molar-refractivity contribution in [2.45, 2.75) is 20.8 Å². The van der Waals surface area contributed by atoms with Gasteiger partial charge in [0.15, 0.2) is 0 Å². The van der Waals surface area contributed by atoms with Gasteiger partial charge in [-0.1, -0.05) is 43.7 Å². The van der Waals surface area contributed by atoms with Gasteiger partial charge in [0, 0.05) is 11.8 Å². The summed E-state index contributed by atoms with van der Waals surface area (Å²) < 4.78 is 5.70. The van der Waals surface area contributed by atoms with Gasteiger partial charge >= 0.3 is 0 Å². The van der Waals surface area contributed by atoms with Crippen LogP contribution in [-0.4, -0.2) is 6.21 Å². The highest BCUT2D eigenvalue weighted by Crippen LogP contribution is 2.24. The van der Waals surface area contributed by atoms with Crippen LogP contribution in [0.15, 0.2) is 48.5 Å². The Bertz CT molecular complexity index is 489. The van der Waals surface area contributed by atoms with E-state index in [0.717, 1.165) is 11.3 Å². The molecule has 2 nitrogen and oxygen atoms in total. The van der Waals surface area contributed by atoms with Crippen molar-refractivity contribution < 1.29 is 4.74 Å². The Kier molecular flexibility index (Phi) is 5.65. The van der Waals surface area contributed by atoms with E-state index in [0.29, 0.717) is 5.75 Å². The van der Waals surface area contributed by atoms with Gasteiger partial charge in [-0.2, -0.15) is 0 Å². The molecule has 18 heavy (non-hydrogen) atoms. The third-order valence-electron chi connectivity index (χ3n) is 2.32. The van der Waals surface area contributed by atoms with Gasteiger partial charge < -0.3 is 10.1 Å². The van der Waals surface area contributed by atoms with Crippen molar-refractivity contribution in [2.24, 2.45) is 0 Å². The molecular weight excluding hydrogens is 222 g/mol. The van der Waals surface area contributed by atoms with Crippen LogP contribution in [-0.2, 0) is 0 Å². The molecule has 0 unspecified atom stereocenters. The molecule has 0 amide bonds. The molecule has 2 aromatic rings. The van der Waals surface area contributed by atoms with Crippen LogP contribution in [0.4, 0.5) is 0 Å². The number of rotatable bonds is 3. The molecule has 0 aliphatic heterocycles. The Morgan fingerprint density at radius 2 is 1.56 bits per heavy atom. The van der Waals surface area contributed by atoms with Gasteiger partial charge in [-0.25, -0.2) is 0 Å². The Hall–Kier alpha value is -2.09. The smallest absolute Gasteiger partial charge is 0.136 e. The largest absolute Gasteiger partial charge is 0.457 e. The Balaban J connectivity index is 0.000000771. The van der Waals surface area contributed by atoms with E-state index in [1.165, 1.54) is 11.8 Å². The predicted octanol–water partition coefficient (Wildman–Crippen LogP) is 4.81. The average molecular weight is 241 g/mol. The average Bonchev–Trinajstić information content (AvgIpc) is 2.44. The molecule has 0 aromatic heterocycles. The fraction of sp³-hybridized carbons (Fsp3) is 0.188. The number of para-hydroxylation sites is 1. The van der Waals surface area contributed by atoms with Crippen molar-refractivity contribution in [3.63, 3.8) is 0 Å². The molecular formula is C16H19NO. The van der Waals surface area contributed by atoms with Crippen LogP contribution < -0.4 is 4.74 Å². The van der Waals surface area contributed by atoms with E-state index in [2.05, 4.69) is 0 Å². The van der Waals surface area contributed by atoms with Gasteiger partial charge in [-0.15, -0.1) is 0 Å². The lowest BCUT2D eigenvalue weighted by Crippen LogP contribution is -1.89. The minimum atomic E-state index is 0.710. The monoisotopic (exact) mass is 241 g/mol. The number of hydrogen-bond acceptors (Lipinski definition) is 2. The summed E-state index contributed by atoms with van der Waals surface area (Å²) in [6.45, 7) is 6.04. The summed E-state index contributed by atoms with van der Waals surface area (Å²) in [6.07, 6.45) is 1.30. The van der Waals surface area contributed by atoms with Gasteiger partial charge in [0.1, 0.15) is 11.5 Å². The second-order valence-electron chi connectivity index (χ2n) is 3.60. The fourth-order valence-corrected chi connectivity index (χ4v) is 1.43. The number of nitrogens with one attached hydrogen (secondary N) is 1. The van der Waals surface area contributed by atoms with Crippen LogP contribution in [0.2, 0.25) is 0 Å². The van der Waals surface area contributed by atoms with Crippen LogP contribution in [0, 0.1) is 12.3 Å². The van der Waals surface area contributed by atoms with Crippen LogP contribution in [0.5, 0.6) is 11.5 Å². The lowest BCUT2D eigenvalue weighted by atomic mass is 10.2. The predicted molar refractivity (Wildman–Crippen MR) is 76.9 cm³/mol. The topological polar surface area (TPSA) is 33.1 Å². The van der Waals surface area contributed by atoms with Crippen molar-refractivity contribution in [3.8, 4) is 11.5 Å². The standard InChI is InChI=1S/C14H13NO.C2H6/c1-11-6-8-13(9-7-11)16-14-5-3-2-4-12(14)10-15;1-2/h2-10,15H,1H3;1-2H3. The third-order valence-corrected chi connectivity index (χ3v) is 2.32. The molecule has 0 radical (unpaired) electrons. The van der Waals surface area contributed by atoms with E-state index in [9.17, 15) is 0 Å². The summed E-state index contributed by atoms with van der Waals surface area (Å²) in [5, 5.41) is 7.28. The second-order valence-corrected chi connectivity index (χ2v) is 3.60. The molecule has 2 rings (SSSR count). The molecule has 0 aliphatic carbocycles. The normalized spacial score (nSPS) is 9.06. The Labute approximate surface area is 109 Å². The summed E-state index contributed by atoms with van der Waals surface area (Å²) in [5.41, 5.74) is 1.98. The van der Waals surface area contributed by atoms with Crippen LogP contribution in [0.3, 0.4) is 0 Å². The Morgan fingerprint density at radius 3 is 2.17 bits per heavy atom. The van der Waals surface area contributed by atoms with Crippen molar-refractivity contribution in [1.29, 1.82) is 5.41 Å². The lowest BCUT2D eigenvalue weighted by molar-refractivity contribution is 0.482. The maximum absolute atomic E-state index is 7.28. The molecule has 0 bridgehead atoms. The molecule has 0 saturated heterocycles. The quantitative estimate of drug-likeness (QED) is 0.768. The highest BCUT2D eigenvalue weighted by molar-refractivity contribution is 5.81. The summed E-state index contributed by atoms with van der Waals surface area (Å²) in [5.74, 6) is 1.50. The molecule has 1 N–H and O–H groups in total. The van der Waals surface area contributed by atoms with Gasteiger partial charge in [0.05, 0.1) is 0 Å². The molecule has 0 fully saturated rings. The highest BCUT2D eigenvalue weighted by Gasteiger charge is 2.01.